The molecule has 0 saturated carbocycles. The molecule has 0 heterocycles. The zero-order valence-corrected chi connectivity index (χ0v) is 12.4. The number of aromatic hydroxyl groups is 1. The Balaban J connectivity index is 2.01. The van der Waals surface area contributed by atoms with E-state index >= 15 is 0 Å². The predicted molar refractivity (Wildman–Crippen MR) is 82.4 cm³/mol. The lowest BCUT2D eigenvalue weighted by Crippen LogP contribution is -2.11. The van der Waals surface area contributed by atoms with Crippen molar-refractivity contribution in [2.24, 2.45) is 0 Å². The Morgan fingerprint density at radius 3 is 2.35 bits per heavy atom. The Hall–Kier alpha value is -1.96. The van der Waals surface area contributed by atoms with Crippen molar-refractivity contribution in [1.82, 2.24) is 0 Å². The molecular formula is C18H22O2. The predicted octanol–water partition coefficient (Wildman–Crippen LogP) is 4.31. The summed E-state index contributed by atoms with van der Waals surface area (Å²) < 4.78 is 5.77. The largest absolute Gasteiger partial charge is 0.508 e. The number of rotatable bonds is 4. The van der Waals surface area contributed by atoms with E-state index in [0.717, 1.165) is 17.7 Å². The van der Waals surface area contributed by atoms with Gasteiger partial charge in [0.25, 0.3) is 0 Å². The van der Waals surface area contributed by atoms with Gasteiger partial charge in [-0.25, -0.2) is 0 Å². The van der Waals surface area contributed by atoms with Crippen molar-refractivity contribution < 1.29 is 9.84 Å². The fourth-order valence-corrected chi connectivity index (χ4v) is 2.03. The van der Waals surface area contributed by atoms with Gasteiger partial charge < -0.3 is 9.84 Å². The van der Waals surface area contributed by atoms with Crippen LogP contribution in [0.5, 0.6) is 11.5 Å². The van der Waals surface area contributed by atoms with E-state index in [1.54, 1.807) is 12.1 Å². The van der Waals surface area contributed by atoms with Crippen LogP contribution in [0.2, 0.25) is 0 Å². The van der Waals surface area contributed by atoms with Crippen molar-refractivity contribution in [3.05, 3.63) is 59.7 Å². The summed E-state index contributed by atoms with van der Waals surface area (Å²) in [6, 6.07) is 15.7. The summed E-state index contributed by atoms with van der Waals surface area (Å²) in [6.45, 7) is 6.97. The summed E-state index contributed by atoms with van der Waals surface area (Å²) >= 11 is 0. The molecule has 0 aromatic heterocycles. The fourth-order valence-electron chi connectivity index (χ4n) is 2.03. The summed E-state index contributed by atoms with van der Waals surface area (Å²) in [7, 11) is 0. The monoisotopic (exact) mass is 270 g/mol. The fraction of sp³-hybridized carbons (Fsp3) is 0.333. The van der Waals surface area contributed by atoms with Gasteiger partial charge in [-0.15, -0.1) is 0 Å². The highest BCUT2D eigenvalue weighted by molar-refractivity contribution is 5.40. The van der Waals surface area contributed by atoms with Gasteiger partial charge in [0.1, 0.15) is 11.5 Å². The third kappa shape index (κ3) is 4.02. The summed E-state index contributed by atoms with van der Waals surface area (Å²) in [5.74, 6) is 0.984. The molecule has 0 aliphatic rings. The molecule has 0 amide bonds. The van der Waals surface area contributed by atoms with E-state index in [-0.39, 0.29) is 11.2 Å². The Morgan fingerprint density at radius 1 is 1.00 bits per heavy atom. The van der Waals surface area contributed by atoms with E-state index in [1.807, 2.05) is 24.3 Å². The van der Waals surface area contributed by atoms with Gasteiger partial charge in [0.2, 0.25) is 0 Å². The van der Waals surface area contributed by atoms with E-state index in [4.69, 9.17) is 4.74 Å². The molecule has 2 aromatic carbocycles. The maximum absolute atomic E-state index is 9.79. The van der Waals surface area contributed by atoms with Crippen LogP contribution in [0.25, 0.3) is 0 Å². The molecule has 2 rings (SSSR count). The Bertz CT molecular complexity index is 553. The third-order valence-electron chi connectivity index (χ3n) is 3.26. The molecular weight excluding hydrogens is 248 g/mol. The molecule has 0 aliphatic carbocycles. The molecule has 0 aliphatic heterocycles. The van der Waals surface area contributed by atoms with Crippen LogP contribution in [0.4, 0.5) is 0 Å². The zero-order chi connectivity index (χ0) is 14.6. The van der Waals surface area contributed by atoms with Crippen LogP contribution in [-0.2, 0) is 11.8 Å². The first kappa shape index (κ1) is 14.4. The first-order valence-electron chi connectivity index (χ1n) is 6.96. The molecule has 2 nitrogen and oxygen atoms in total. The van der Waals surface area contributed by atoms with Crippen molar-refractivity contribution in [2.45, 2.75) is 32.6 Å². The van der Waals surface area contributed by atoms with E-state index in [1.165, 1.54) is 5.56 Å². The van der Waals surface area contributed by atoms with Crippen LogP contribution in [0.3, 0.4) is 0 Å². The van der Waals surface area contributed by atoms with Crippen molar-refractivity contribution >= 4 is 0 Å². The maximum atomic E-state index is 9.79. The van der Waals surface area contributed by atoms with Gasteiger partial charge in [0, 0.05) is 12.5 Å². The zero-order valence-electron chi connectivity index (χ0n) is 12.4. The highest BCUT2D eigenvalue weighted by Crippen LogP contribution is 2.30. The number of ether oxygens (including phenoxy) is 1. The second kappa shape index (κ2) is 6.00. The van der Waals surface area contributed by atoms with E-state index < -0.39 is 0 Å². The topological polar surface area (TPSA) is 29.5 Å². The minimum Gasteiger partial charge on any atom is -0.508 e. The van der Waals surface area contributed by atoms with Gasteiger partial charge in [-0.2, -0.15) is 0 Å². The molecule has 2 heteroatoms. The van der Waals surface area contributed by atoms with Crippen molar-refractivity contribution in [3.63, 3.8) is 0 Å². The summed E-state index contributed by atoms with van der Waals surface area (Å²) in [5.41, 5.74) is 2.33. The van der Waals surface area contributed by atoms with Gasteiger partial charge in [-0.3, -0.25) is 0 Å². The number of hydrogen-bond donors (Lipinski definition) is 1. The molecule has 0 spiro atoms. The molecule has 0 atom stereocenters. The quantitative estimate of drug-likeness (QED) is 0.897. The molecule has 1 N–H and O–H groups in total. The number of phenols is 1. The SMILES string of the molecule is CC(C)(C)c1cc(O)cc(OCCc2ccccc2)c1. The molecule has 20 heavy (non-hydrogen) atoms. The lowest BCUT2D eigenvalue weighted by molar-refractivity contribution is 0.318. The average Bonchev–Trinajstić information content (AvgIpc) is 2.38. The van der Waals surface area contributed by atoms with Crippen LogP contribution in [-0.4, -0.2) is 11.7 Å². The van der Waals surface area contributed by atoms with Gasteiger partial charge in [0.05, 0.1) is 6.61 Å². The van der Waals surface area contributed by atoms with Gasteiger partial charge in [-0.1, -0.05) is 51.1 Å². The van der Waals surface area contributed by atoms with Crippen LogP contribution in [0, 0.1) is 0 Å². The normalized spacial score (nSPS) is 11.3. The van der Waals surface area contributed by atoms with E-state index in [9.17, 15) is 5.11 Å². The van der Waals surface area contributed by atoms with Crippen LogP contribution < -0.4 is 4.74 Å². The summed E-state index contributed by atoms with van der Waals surface area (Å²) in [4.78, 5) is 0. The van der Waals surface area contributed by atoms with Crippen LogP contribution in [0.1, 0.15) is 31.9 Å². The lowest BCUT2D eigenvalue weighted by Gasteiger charge is -2.20. The molecule has 0 unspecified atom stereocenters. The molecule has 0 saturated heterocycles. The second-order valence-electron chi connectivity index (χ2n) is 6.05. The Morgan fingerprint density at radius 2 is 1.70 bits per heavy atom. The van der Waals surface area contributed by atoms with Crippen molar-refractivity contribution in [2.75, 3.05) is 6.61 Å². The van der Waals surface area contributed by atoms with Gasteiger partial charge in [0.15, 0.2) is 0 Å². The molecule has 106 valence electrons. The number of hydrogen-bond acceptors (Lipinski definition) is 2. The van der Waals surface area contributed by atoms with Crippen LogP contribution >= 0.6 is 0 Å². The highest BCUT2D eigenvalue weighted by atomic mass is 16.5. The van der Waals surface area contributed by atoms with Crippen LogP contribution in [0.15, 0.2) is 48.5 Å². The van der Waals surface area contributed by atoms with E-state index in [0.29, 0.717) is 6.61 Å². The molecule has 0 radical (unpaired) electrons. The smallest absolute Gasteiger partial charge is 0.123 e. The van der Waals surface area contributed by atoms with Crippen molar-refractivity contribution in [1.29, 1.82) is 0 Å². The molecule has 0 fully saturated rings. The third-order valence-corrected chi connectivity index (χ3v) is 3.26. The molecule has 0 bridgehead atoms. The summed E-state index contributed by atoms with van der Waals surface area (Å²) in [5, 5.41) is 9.79. The first-order valence-corrected chi connectivity index (χ1v) is 6.96. The average molecular weight is 270 g/mol. The first-order chi connectivity index (χ1) is 9.45. The summed E-state index contributed by atoms with van der Waals surface area (Å²) in [6.07, 6.45) is 0.862. The van der Waals surface area contributed by atoms with E-state index in [2.05, 4.69) is 32.9 Å². The Kier molecular flexibility index (Phi) is 4.33. The maximum Gasteiger partial charge on any atom is 0.123 e. The lowest BCUT2D eigenvalue weighted by atomic mass is 9.87. The highest BCUT2D eigenvalue weighted by Gasteiger charge is 2.15. The minimum atomic E-state index is -0.00369. The molecule has 2 aromatic rings. The standard InChI is InChI=1S/C18H22O2/c1-18(2,3)15-11-16(19)13-17(12-15)20-10-9-14-7-5-4-6-8-14/h4-8,11-13,19H,9-10H2,1-3H3. The Labute approximate surface area is 121 Å². The number of phenolic OH excluding ortho intramolecular Hbond substituents is 1. The number of benzene rings is 2. The van der Waals surface area contributed by atoms with Gasteiger partial charge in [-0.05, 0) is 28.7 Å². The van der Waals surface area contributed by atoms with Gasteiger partial charge >= 0.3 is 0 Å². The minimum absolute atomic E-state index is 0.00369. The second-order valence-corrected chi connectivity index (χ2v) is 6.05. The van der Waals surface area contributed by atoms with Crippen molar-refractivity contribution in [3.8, 4) is 11.5 Å².